The van der Waals surface area contributed by atoms with Crippen molar-refractivity contribution in [3.63, 3.8) is 0 Å². The molecule has 3 saturated heterocycles. The van der Waals surface area contributed by atoms with Crippen LogP contribution in [0.2, 0.25) is 0 Å². The number of nitrogens with one attached hydrogen (secondary N) is 5. The molecule has 7 amide bonds. The summed E-state index contributed by atoms with van der Waals surface area (Å²) in [5.74, 6) is -9.43. The first kappa shape index (κ1) is 56.4. The summed E-state index contributed by atoms with van der Waals surface area (Å²) < 4.78 is 0. The van der Waals surface area contributed by atoms with Gasteiger partial charge in [0.1, 0.15) is 60.3 Å². The highest BCUT2D eigenvalue weighted by Gasteiger charge is 2.50. The van der Waals surface area contributed by atoms with Crippen LogP contribution in [0.4, 0.5) is 0 Å². The standard InChI is InChI=1S/C53H63N7O16/c1-25-23-60-42(43(25)66)51(74)58-49(72)38(65)22-36(54-46(69)33-15-13-31(14-16-33)30-11-9-29(10-12-30)28-7-5-4-6-8-28)47(70)55-39(26(2)61)52(75)59-24-35(64)21-37(59)48(71)57-41(50(73)56-40(27(3)62)53(60)76)45(68)44(67)32-17-19-34(63)20-18-32/h4-20,25-27,35-45,49,61-68,72H,21-24H2,1-3H3,(H,54,69)(H,55,70)(H,56,73)(H,57,71)(H,58,74)/t25-,26+,27+,35+,36-,37-,38+,39-,40-,41-,42-,43-,44-,45-,49-/m0/s1. The van der Waals surface area contributed by atoms with Gasteiger partial charge in [-0.25, -0.2) is 0 Å². The zero-order valence-electron chi connectivity index (χ0n) is 41.6. The highest BCUT2D eigenvalue weighted by atomic mass is 16.3. The van der Waals surface area contributed by atoms with E-state index >= 15 is 0 Å². The second kappa shape index (κ2) is 24.1. The number of amides is 7. The van der Waals surface area contributed by atoms with Crippen molar-refractivity contribution in [3.05, 3.63) is 114 Å². The number of rotatable bonds is 9. The maximum absolute atomic E-state index is 14.4. The van der Waals surface area contributed by atoms with E-state index in [0.717, 1.165) is 58.0 Å². The largest absolute Gasteiger partial charge is 0.508 e. The lowest BCUT2D eigenvalue weighted by Crippen LogP contribution is -2.64. The molecule has 0 aliphatic carbocycles. The van der Waals surface area contributed by atoms with Crippen LogP contribution >= 0.6 is 0 Å². The molecule has 3 aliphatic rings. The smallest absolute Gasteiger partial charge is 0.251 e. The van der Waals surface area contributed by atoms with Gasteiger partial charge in [-0.05, 0) is 65.9 Å². The highest BCUT2D eigenvalue weighted by molar-refractivity contribution is 6.00. The fraction of sp³-hybridized carbons (Fsp3) is 0.415. The second-order valence-corrected chi connectivity index (χ2v) is 19.6. The van der Waals surface area contributed by atoms with E-state index in [0.29, 0.717) is 0 Å². The van der Waals surface area contributed by atoms with E-state index < -0.39 is 152 Å². The first-order chi connectivity index (χ1) is 36.0. The van der Waals surface area contributed by atoms with Crippen LogP contribution in [0.25, 0.3) is 22.3 Å². The van der Waals surface area contributed by atoms with Gasteiger partial charge in [0.05, 0.1) is 24.4 Å². The van der Waals surface area contributed by atoms with Gasteiger partial charge in [-0.15, -0.1) is 0 Å². The number of aliphatic hydroxyl groups is 8. The Morgan fingerprint density at radius 2 is 1.11 bits per heavy atom. The lowest BCUT2D eigenvalue weighted by atomic mass is 9.96. The summed E-state index contributed by atoms with van der Waals surface area (Å²) >= 11 is 0. The highest BCUT2D eigenvalue weighted by Crippen LogP contribution is 2.29. The fourth-order valence-electron chi connectivity index (χ4n) is 9.57. The number of aromatic hydroxyl groups is 1. The number of hydrogen-bond donors (Lipinski definition) is 14. The minimum absolute atomic E-state index is 0.0165. The predicted molar refractivity (Wildman–Crippen MR) is 268 cm³/mol. The van der Waals surface area contributed by atoms with Crippen molar-refractivity contribution in [1.82, 2.24) is 36.4 Å². The summed E-state index contributed by atoms with van der Waals surface area (Å²) in [5.41, 5.74) is 3.48. The lowest BCUT2D eigenvalue weighted by molar-refractivity contribution is -0.148. The normalized spacial score (nSPS) is 28.8. The lowest BCUT2D eigenvalue weighted by Gasteiger charge is -2.34. The third-order valence-electron chi connectivity index (χ3n) is 13.9. The predicted octanol–water partition coefficient (Wildman–Crippen LogP) is -2.50. The number of carbonyl (C=O) groups excluding carboxylic acids is 7. The van der Waals surface area contributed by atoms with Crippen molar-refractivity contribution in [3.8, 4) is 28.0 Å². The SMILES string of the molecule is C[C@@H](O)[C@@H]1NC(=O)[C@H]([C@H](O)[C@@H](O)c2ccc(O)cc2)NC(=O)[C@@H]2C[C@@H](O)CN2C(=O)[C@H]([C@@H](C)O)NC(=O)[C@@H](NC(=O)c2ccc(-c3ccc(-c4ccccc4)cc3)cc2)C[C@@H](O)[C@H](O)NC(=O)[C@@H]2[C@@H](O)[C@@H](C)CN2C1=O. The number of fused-ring (bicyclic) bond motifs is 2. The average Bonchev–Trinajstić information content (AvgIpc) is 3.96. The van der Waals surface area contributed by atoms with Gasteiger partial charge in [0, 0.05) is 37.4 Å². The number of carbonyl (C=O) groups is 7. The molecule has 4 aromatic rings. The Morgan fingerprint density at radius 1 is 0.592 bits per heavy atom. The van der Waals surface area contributed by atoms with E-state index in [4.69, 9.17) is 0 Å². The number of nitrogens with zero attached hydrogens (tertiary/aromatic N) is 2. The summed E-state index contributed by atoms with van der Waals surface area (Å²) in [6.07, 6.45) is -16.7. The van der Waals surface area contributed by atoms with Gasteiger partial charge < -0.3 is 82.3 Å². The Hall–Kier alpha value is -7.35. The summed E-state index contributed by atoms with van der Waals surface area (Å²) in [6, 6.07) is 16.7. The van der Waals surface area contributed by atoms with Gasteiger partial charge in [-0.3, -0.25) is 33.6 Å². The van der Waals surface area contributed by atoms with E-state index in [2.05, 4.69) is 26.6 Å². The molecule has 0 spiro atoms. The quantitative estimate of drug-likeness (QED) is 0.0824. The van der Waals surface area contributed by atoms with Crippen molar-refractivity contribution in [2.45, 2.75) is 119 Å². The molecule has 23 heteroatoms. The zero-order valence-corrected chi connectivity index (χ0v) is 41.6. The van der Waals surface area contributed by atoms with Gasteiger partial charge in [0.2, 0.25) is 35.4 Å². The first-order valence-corrected chi connectivity index (χ1v) is 24.7. The monoisotopic (exact) mass is 1050 g/mol. The van der Waals surface area contributed by atoms with Gasteiger partial charge >= 0.3 is 0 Å². The van der Waals surface area contributed by atoms with E-state index in [1.165, 1.54) is 31.2 Å². The van der Waals surface area contributed by atoms with Gasteiger partial charge in [-0.1, -0.05) is 85.8 Å². The number of aliphatic hydroxyl groups excluding tert-OH is 8. The minimum Gasteiger partial charge on any atom is -0.508 e. The van der Waals surface area contributed by atoms with Crippen LogP contribution in [-0.4, -0.2) is 189 Å². The van der Waals surface area contributed by atoms with Gasteiger partial charge in [-0.2, -0.15) is 0 Å². The Bertz CT molecular complexity index is 2730. The molecule has 0 bridgehead atoms. The van der Waals surface area contributed by atoms with Crippen LogP contribution < -0.4 is 26.6 Å². The molecule has 4 aromatic carbocycles. The number of benzene rings is 4. The molecule has 0 saturated carbocycles. The van der Waals surface area contributed by atoms with Crippen LogP contribution in [0.1, 0.15) is 55.6 Å². The molecule has 7 rings (SSSR count). The molecule has 76 heavy (non-hydrogen) atoms. The van der Waals surface area contributed by atoms with Crippen molar-refractivity contribution in [2.24, 2.45) is 5.92 Å². The fourth-order valence-corrected chi connectivity index (χ4v) is 9.57. The minimum atomic E-state index is -2.29. The molecular weight excluding hydrogens is 991 g/mol. The number of hydrogen-bond acceptors (Lipinski definition) is 16. The Labute approximate surface area is 436 Å². The molecule has 14 N–H and O–H groups in total. The van der Waals surface area contributed by atoms with Crippen LogP contribution in [0.3, 0.4) is 0 Å². The molecule has 406 valence electrons. The maximum atomic E-state index is 14.4. The Balaban J connectivity index is 1.22. The topological polar surface area (TPSA) is 368 Å². The van der Waals surface area contributed by atoms with E-state index in [-0.39, 0.29) is 23.4 Å². The molecule has 3 fully saturated rings. The molecular formula is C53H63N7O16. The van der Waals surface area contributed by atoms with Crippen LogP contribution in [0.5, 0.6) is 5.75 Å². The van der Waals surface area contributed by atoms with E-state index in [1.54, 1.807) is 12.1 Å². The van der Waals surface area contributed by atoms with Gasteiger partial charge in [0.25, 0.3) is 5.91 Å². The van der Waals surface area contributed by atoms with Crippen molar-refractivity contribution in [1.29, 1.82) is 0 Å². The molecule has 0 unspecified atom stereocenters. The molecule has 0 aromatic heterocycles. The zero-order chi connectivity index (χ0) is 55.3. The molecule has 3 heterocycles. The third kappa shape index (κ3) is 12.7. The van der Waals surface area contributed by atoms with E-state index in [1.807, 2.05) is 54.6 Å². The molecule has 3 aliphatic heterocycles. The number of phenols is 1. The third-order valence-corrected chi connectivity index (χ3v) is 13.9. The maximum Gasteiger partial charge on any atom is 0.251 e. The summed E-state index contributed by atoms with van der Waals surface area (Å²) in [4.78, 5) is 101. The van der Waals surface area contributed by atoms with Crippen molar-refractivity contribution >= 4 is 41.4 Å². The second-order valence-electron chi connectivity index (χ2n) is 19.6. The number of phenolic OH excluding ortho intramolecular Hbond substituents is 1. The van der Waals surface area contributed by atoms with Crippen LogP contribution in [0.15, 0.2) is 103 Å². The Kier molecular flexibility index (Phi) is 17.9. The van der Waals surface area contributed by atoms with Gasteiger partial charge in [0.15, 0.2) is 6.23 Å². The van der Waals surface area contributed by atoms with E-state index in [9.17, 15) is 79.5 Å². The Morgan fingerprint density at radius 3 is 1.67 bits per heavy atom. The molecule has 23 nitrogen and oxygen atoms in total. The first-order valence-electron chi connectivity index (χ1n) is 24.7. The molecule has 15 atom stereocenters. The van der Waals surface area contributed by atoms with Crippen molar-refractivity contribution in [2.75, 3.05) is 13.1 Å². The summed E-state index contributed by atoms with van der Waals surface area (Å²) in [7, 11) is 0. The molecule has 0 radical (unpaired) electrons. The van der Waals surface area contributed by atoms with Crippen LogP contribution in [0, 0.1) is 5.92 Å². The summed E-state index contributed by atoms with van der Waals surface area (Å²) in [6.45, 7) is 2.70. The summed E-state index contributed by atoms with van der Waals surface area (Å²) in [5, 5.41) is 111. The van der Waals surface area contributed by atoms with Crippen molar-refractivity contribution < 1.29 is 79.5 Å². The average molecular weight is 1050 g/mol. The van der Waals surface area contributed by atoms with Crippen LogP contribution in [-0.2, 0) is 28.8 Å².